The zero-order valence-corrected chi connectivity index (χ0v) is 13.1. The van der Waals surface area contributed by atoms with Crippen LogP contribution in [0, 0.1) is 0 Å². The molecule has 1 atom stereocenters. The Morgan fingerprint density at radius 3 is 2.82 bits per heavy atom. The molecule has 1 aromatic heterocycles. The van der Waals surface area contributed by atoms with Crippen molar-refractivity contribution in [3.8, 4) is 0 Å². The second-order valence-corrected chi connectivity index (χ2v) is 5.38. The first kappa shape index (κ1) is 16.5. The van der Waals surface area contributed by atoms with E-state index < -0.39 is 6.10 Å². The first-order chi connectivity index (χ1) is 10.6. The highest BCUT2D eigenvalue weighted by Gasteiger charge is 2.15. The lowest BCUT2D eigenvalue weighted by Gasteiger charge is -2.20. The topological polar surface area (TPSA) is 78.6 Å². The number of hydrogen-bond donors (Lipinski definition) is 2. The van der Waals surface area contributed by atoms with Gasteiger partial charge in [-0.1, -0.05) is 19.1 Å². The summed E-state index contributed by atoms with van der Waals surface area (Å²) in [5.41, 5.74) is 1.97. The van der Waals surface area contributed by atoms with Crippen LogP contribution >= 0.6 is 0 Å². The Morgan fingerprint density at radius 1 is 1.41 bits per heavy atom. The summed E-state index contributed by atoms with van der Waals surface area (Å²) in [6, 6.07) is 7.89. The van der Waals surface area contributed by atoms with Crippen LogP contribution in [0.2, 0.25) is 0 Å². The van der Waals surface area contributed by atoms with Crippen LogP contribution in [0.4, 0.5) is 0 Å². The summed E-state index contributed by atoms with van der Waals surface area (Å²) in [5, 5.41) is 18.2. The molecular formula is C16H23N3O3. The standard InChI is InChI=1S/C16H23N3O3/c1-3-15-17-13-6-4-5-7-14(13)19(15)9-8-16(22)18(2)10-12(21)11-20/h4-7,12,20-21H,3,8-11H2,1-2H3/t12-/m1/s1. The number of aliphatic hydroxyl groups excluding tert-OH is 2. The molecule has 0 aliphatic heterocycles. The average molecular weight is 305 g/mol. The maximum atomic E-state index is 12.1. The second kappa shape index (κ2) is 7.38. The number of carbonyl (C=O) groups excluding carboxylic acids is 1. The van der Waals surface area contributed by atoms with Crippen LogP contribution < -0.4 is 0 Å². The minimum atomic E-state index is -0.894. The molecule has 0 spiro atoms. The van der Waals surface area contributed by atoms with Gasteiger partial charge in [0.25, 0.3) is 0 Å². The summed E-state index contributed by atoms with van der Waals surface area (Å²) in [6.45, 7) is 2.40. The summed E-state index contributed by atoms with van der Waals surface area (Å²) in [6.07, 6.45) is 0.249. The van der Waals surface area contributed by atoms with Gasteiger partial charge in [0.1, 0.15) is 5.82 Å². The van der Waals surface area contributed by atoms with Crippen molar-refractivity contribution in [1.82, 2.24) is 14.5 Å². The van der Waals surface area contributed by atoms with E-state index in [1.54, 1.807) is 7.05 Å². The second-order valence-electron chi connectivity index (χ2n) is 5.38. The predicted molar refractivity (Wildman–Crippen MR) is 84.5 cm³/mol. The Bertz CT molecular complexity index is 639. The number of rotatable bonds is 7. The quantitative estimate of drug-likeness (QED) is 0.793. The molecule has 6 nitrogen and oxygen atoms in total. The lowest BCUT2D eigenvalue weighted by molar-refractivity contribution is -0.131. The number of likely N-dealkylation sites (N-methyl/N-ethyl adjacent to an activating group) is 1. The van der Waals surface area contributed by atoms with Crippen LogP contribution in [0.1, 0.15) is 19.2 Å². The van der Waals surface area contributed by atoms with Crippen molar-refractivity contribution in [3.05, 3.63) is 30.1 Å². The lowest BCUT2D eigenvalue weighted by Crippen LogP contribution is -2.36. The Morgan fingerprint density at radius 2 is 2.14 bits per heavy atom. The molecule has 120 valence electrons. The molecule has 2 aromatic rings. The minimum Gasteiger partial charge on any atom is -0.394 e. The normalized spacial score (nSPS) is 12.5. The van der Waals surface area contributed by atoms with Crippen molar-refractivity contribution in [2.24, 2.45) is 0 Å². The van der Waals surface area contributed by atoms with Crippen LogP contribution in [-0.2, 0) is 17.8 Å². The van der Waals surface area contributed by atoms with Crippen LogP contribution in [0.25, 0.3) is 11.0 Å². The van der Waals surface area contributed by atoms with Gasteiger partial charge < -0.3 is 19.7 Å². The number of amides is 1. The number of hydrogen-bond acceptors (Lipinski definition) is 4. The van der Waals surface area contributed by atoms with E-state index >= 15 is 0 Å². The molecule has 1 aromatic carbocycles. The fourth-order valence-corrected chi connectivity index (χ4v) is 2.52. The number of aryl methyl sites for hydroxylation is 2. The number of fused-ring (bicyclic) bond motifs is 1. The third-order valence-electron chi connectivity index (χ3n) is 3.72. The summed E-state index contributed by atoms with van der Waals surface area (Å²) in [7, 11) is 1.63. The highest BCUT2D eigenvalue weighted by molar-refractivity contribution is 5.78. The highest BCUT2D eigenvalue weighted by Crippen LogP contribution is 2.17. The minimum absolute atomic E-state index is 0.0627. The maximum Gasteiger partial charge on any atom is 0.224 e. The molecule has 0 aliphatic rings. The van der Waals surface area contributed by atoms with Gasteiger partial charge in [0.15, 0.2) is 0 Å². The molecular weight excluding hydrogens is 282 g/mol. The van der Waals surface area contributed by atoms with Crippen molar-refractivity contribution in [2.75, 3.05) is 20.2 Å². The molecule has 0 radical (unpaired) electrons. The number of aromatic nitrogens is 2. The van der Waals surface area contributed by atoms with Crippen molar-refractivity contribution in [1.29, 1.82) is 0 Å². The third-order valence-corrected chi connectivity index (χ3v) is 3.72. The molecule has 0 bridgehead atoms. The van der Waals surface area contributed by atoms with Gasteiger partial charge in [0.2, 0.25) is 5.91 Å². The molecule has 2 N–H and O–H groups in total. The first-order valence-corrected chi connectivity index (χ1v) is 7.53. The lowest BCUT2D eigenvalue weighted by atomic mass is 10.3. The number of nitrogens with zero attached hydrogens (tertiary/aromatic N) is 3. The van der Waals surface area contributed by atoms with Crippen molar-refractivity contribution >= 4 is 16.9 Å². The Hall–Kier alpha value is -1.92. The van der Waals surface area contributed by atoms with Gasteiger partial charge in [-0.15, -0.1) is 0 Å². The Labute approximate surface area is 130 Å². The number of carbonyl (C=O) groups is 1. The van der Waals surface area contributed by atoms with Gasteiger partial charge in [-0.05, 0) is 12.1 Å². The average Bonchev–Trinajstić information content (AvgIpc) is 2.90. The molecule has 0 saturated heterocycles. The summed E-state index contributed by atoms with van der Waals surface area (Å²) >= 11 is 0. The molecule has 1 heterocycles. The van der Waals surface area contributed by atoms with Gasteiger partial charge >= 0.3 is 0 Å². The van der Waals surface area contributed by atoms with Gasteiger partial charge in [0, 0.05) is 33.0 Å². The fourth-order valence-electron chi connectivity index (χ4n) is 2.52. The van der Waals surface area contributed by atoms with Crippen LogP contribution in [0.5, 0.6) is 0 Å². The molecule has 6 heteroatoms. The Balaban J connectivity index is 2.06. The summed E-state index contributed by atoms with van der Waals surface area (Å²) < 4.78 is 2.07. The SMILES string of the molecule is CCc1nc2ccccc2n1CCC(=O)N(C)C[C@@H](O)CO. The number of para-hydroxylation sites is 2. The molecule has 0 unspecified atom stereocenters. The third kappa shape index (κ3) is 3.64. The van der Waals surface area contributed by atoms with Gasteiger partial charge in [0.05, 0.1) is 23.7 Å². The summed E-state index contributed by atoms with van der Waals surface area (Å²) in [4.78, 5) is 18.2. The maximum absolute atomic E-state index is 12.1. The van der Waals surface area contributed by atoms with Crippen LogP contribution in [-0.4, -0.2) is 56.9 Å². The van der Waals surface area contributed by atoms with E-state index in [-0.39, 0.29) is 19.1 Å². The monoisotopic (exact) mass is 305 g/mol. The van der Waals surface area contributed by atoms with E-state index in [2.05, 4.69) is 9.55 Å². The van der Waals surface area contributed by atoms with Gasteiger partial charge in [-0.25, -0.2) is 4.98 Å². The number of imidazole rings is 1. The zero-order chi connectivity index (χ0) is 16.1. The highest BCUT2D eigenvalue weighted by atomic mass is 16.3. The molecule has 1 amide bonds. The number of benzene rings is 1. The molecule has 22 heavy (non-hydrogen) atoms. The molecule has 2 rings (SSSR count). The van der Waals surface area contributed by atoms with Gasteiger partial charge in [-0.2, -0.15) is 0 Å². The van der Waals surface area contributed by atoms with E-state index in [4.69, 9.17) is 5.11 Å². The molecule has 0 saturated carbocycles. The summed E-state index contributed by atoms with van der Waals surface area (Å²) in [5.74, 6) is 0.902. The molecule has 0 fully saturated rings. The molecule has 0 aliphatic carbocycles. The predicted octanol–water partition coefficient (Wildman–Crippen LogP) is 0.800. The van der Waals surface area contributed by atoms with Crippen molar-refractivity contribution < 1.29 is 15.0 Å². The Kier molecular flexibility index (Phi) is 5.51. The van der Waals surface area contributed by atoms with Crippen molar-refractivity contribution in [3.63, 3.8) is 0 Å². The van der Waals surface area contributed by atoms with Crippen molar-refractivity contribution in [2.45, 2.75) is 32.4 Å². The van der Waals surface area contributed by atoms with E-state index in [0.29, 0.717) is 13.0 Å². The van der Waals surface area contributed by atoms with E-state index in [1.807, 2.05) is 31.2 Å². The van der Waals surface area contributed by atoms with Crippen LogP contribution in [0.3, 0.4) is 0 Å². The van der Waals surface area contributed by atoms with E-state index in [1.165, 1.54) is 4.90 Å². The largest absolute Gasteiger partial charge is 0.394 e. The first-order valence-electron chi connectivity index (χ1n) is 7.53. The van der Waals surface area contributed by atoms with E-state index in [0.717, 1.165) is 23.3 Å². The van der Waals surface area contributed by atoms with Gasteiger partial charge in [-0.3, -0.25) is 4.79 Å². The number of aliphatic hydroxyl groups is 2. The van der Waals surface area contributed by atoms with Crippen LogP contribution in [0.15, 0.2) is 24.3 Å². The van der Waals surface area contributed by atoms with E-state index in [9.17, 15) is 9.90 Å². The zero-order valence-electron chi connectivity index (χ0n) is 13.1. The fraction of sp³-hybridized carbons (Fsp3) is 0.500. The smallest absolute Gasteiger partial charge is 0.224 e.